The SMILES string of the molecule is CCCCCC=C[C@H]1CO[C@H](c2ccc(OC(=O)c3cc(N)c(OC(=O)[C@@H](F)[C@@H](C)CC)cc3[N+](=O)[O-])cc2)OC1. The van der Waals surface area contributed by atoms with E-state index in [1.807, 2.05) is 0 Å². The average Bonchev–Trinajstić information content (AvgIpc) is 2.97. The summed E-state index contributed by atoms with van der Waals surface area (Å²) >= 11 is 0. The van der Waals surface area contributed by atoms with Crippen LogP contribution in [0.5, 0.6) is 11.5 Å². The first-order valence-corrected chi connectivity index (χ1v) is 13.8. The van der Waals surface area contributed by atoms with E-state index in [-0.39, 0.29) is 17.4 Å². The number of nitrogen functional groups attached to an aromatic ring is 1. The third-order valence-electron chi connectivity index (χ3n) is 6.79. The topological polar surface area (TPSA) is 140 Å². The van der Waals surface area contributed by atoms with Crippen molar-refractivity contribution in [2.24, 2.45) is 11.8 Å². The van der Waals surface area contributed by atoms with Crippen molar-refractivity contribution in [2.75, 3.05) is 18.9 Å². The smallest absolute Gasteiger partial charge is 0.350 e. The van der Waals surface area contributed by atoms with Crippen molar-refractivity contribution in [2.45, 2.75) is 65.3 Å². The quantitative estimate of drug-likeness (QED) is 0.0543. The van der Waals surface area contributed by atoms with E-state index in [1.165, 1.54) is 38.3 Å². The second-order valence-electron chi connectivity index (χ2n) is 10.0. The fraction of sp³-hybridized carbons (Fsp3) is 0.467. The van der Waals surface area contributed by atoms with Gasteiger partial charge in [0.1, 0.15) is 11.3 Å². The molecule has 0 amide bonds. The number of anilines is 1. The fourth-order valence-electron chi connectivity index (χ4n) is 4.07. The van der Waals surface area contributed by atoms with Crippen LogP contribution in [0.1, 0.15) is 75.1 Å². The van der Waals surface area contributed by atoms with E-state index in [0.717, 1.165) is 24.1 Å². The highest BCUT2D eigenvalue weighted by Crippen LogP contribution is 2.33. The van der Waals surface area contributed by atoms with Gasteiger partial charge in [-0.1, -0.05) is 64.3 Å². The van der Waals surface area contributed by atoms with Crippen LogP contribution in [-0.4, -0.2) is 36.2 Å². The zero-order chi connectivity index (χ0) is 29.9. The number of unbranched alkanes of at least 4 members (excludes halogenated alkanes) is 3. The molecule has 2 atom stereocenters. The highest BCUT2D eigenvalue weighted by Gasteiger charge is 2.30. The highest BCUT2D eigenvalue weighted by molar-refractivity contribution is 5.97. The molecule has 11 heteroatoms. The van der Waals surface area contributed by atoms with Crippen molar-refractivity contribution in [1.82, 2.24) is 0 Å². The summed E-state index contributed by atoms with van der Waals surface area (Å²) < 4.78 is 36.2. The van der Waals surface area contributed by atoms with Crippen molar-refractivity contribution in [3.8, 4) is 11.5 Å². The molecule has 1 saturated heterocycles. The van der Waals surface area contributed by atoms with Crippen LogP contribution >= 0.6 is 0 Å². The molecule has 0 aliphatic carbocycles. The number of carbonyl (C=O) groups is 2. The van der Waals surface area contributed by atoms with Crippen molar-refractivity contribution in [3.63, 3.8) is 0 Å². The van der Waals surface area contributed by atoms with E-state index >= 15 is 0 Å². The molecule has 0 aromatic heterocycles. The maximum Gasteiger partial charge on any atom is 0.350 e. The monoisotopic (exact) mass is 572 g/mol. The zero-order valence-electron chi connectivity index (χ0n) is 23.5. The Bertz CT molecular complexity index is 1230. The first-order valence-electron chi connectivity index (χ1n) is 13.8. The highest BCUT2D eigenvalue weighted by atomic mass is 19.1. The minimum absolute atomic E-state index is 0.125. The van der Waals surface area contributed by atoms with Gasteiger partial charge in [-0.3, -0.25) is 10.1 Å². The second-order valence-corrected chi connectivity index (χ2v) is 10.0. The maximum atomic E-state index is 14.2. The third kappa shape index (κ3) is 8.83. The number of hydrogen-bond donors (Lipinski definition) is 1. The molecule has 1 aliphatic rings. The molecule has 3 rings (SSSR count). The summed E-state index contributed by atoms with van der Waals surface area (Å²) in [5.41, 5.74) is 5.17. The predicted molar refractivity (Wildman–Crippen MR) is 150 cm³/mol. The van der Waals surface area contributed by atoms with Gasteiger partial charge in [-0.25, -0.2) is 14.0 Å². The largest absolute Gasteiger partial charge is 0.423 e. The lowest BCUT2D eigenvalue weighted by atomic mass is 10.0. The molecular weight excluding hydrogens is 535 g/mol. The number of halogens is 1. The summed E-state index contributed by atoms with van der Waals surface area (Å²) in [4.78, 5) is 35.8. The van der Waals surface area contributed by atoms with Crippen LogP contribution in [0.3, 0.4) is 0 Å². The van der Waals surface area contributed by atoms with Gasteiger partial charge in [0, 0.05) is 11.5 Å². The number of nitrogens with zero attached hydrogens (tertiary/aromatic N) is 1. The molecule has 1 aliphatic heterocycles. The molecule has 41 heavy (non-hydrogen) atoms. The number of ether oxygens (including phenoxy) is 4. The van der Waals surface area contributed by atoms with E-state index in [4.69, 9.17) is 24.7 Å². The fourth-order valence-corrected chi connectivity index (χ4v) is 4.07. The maximum absolute atomic E-state index is 14.2. The van der Waals surface area contributed by atoms with Gasteiger partial charge in [0.25, 0.3) is 5.69 Å². The summed E-state index contributed by atoms with van der Waals surface area (Å²) in [6.07, 6.45) is 6.79. The molecule has 222 valence electrons. The first kappa shape index (κ1) is 31.7. The van der Waals surface area contributed by atoms with Crippen molar-refractivity contribution in [1.29, 1.82) is 0 Å². The Morgan fingerprint density at radius 2 is 1.83 bits per heavy atom. The molecule has 1 fully saturated rings. The Morgan fingerprint density at radius 1 is 1.15 bits per heavy atom. The van der Waals surface area contributed by atoms with Gasteiger partial charge < -0.3 is 24.7 Å². The predicted octanol–water partition coefficient (Wildman–Crippen LogP) is 6.48. The Kier molecular flexibility index (Phi) is 11.8. The summed E-state index contributed by atoms with van der Waals surface area (Å²) in [5.74, 6) is -3.00. The Balaban J connectivity index is 1.63. The van der Waals surface area contributed by atoms with Crippen molar-refractivity contribution >= 4 is 23.3 Å². The Morgan fingerprint density at radius 3 is 2.44 bits per heavy atom. The molecule has 2 aromatic carbocycles. The third-order valence-corrected chi connectivity index (χ3v) is 6.79. The molecule has 0 radical (unpaired) electrons. The van der Waals surface area contributed by atoms with Crippen LogP contribution in [0.2, 0.25) is 0 Å². The van der Waals surface area contributed by atoms with E-state index in [2.05, 4.69) is 19.1 Å². The molecular formula is C30H37FN2O8. The summed E-state index contributed by atoms with van der Waals surface area (Å²) in [7, 11) is 0. The van der Waals surface area contributed by atoms with Gasteiger partial charge >= 0.3 is 11.9 Å². The number of benzene rings is 2. The molecule has 0 unspecified atom stereocenters. The Hall–Kier alpha value is -3.83. The zero-order valence-corrected chi connectivity index (χ0v) is 23.5. The van der Waals surface area contributed by atoms with E-state index in [1.54, 1.807) is 19.1 Å². The average molecular weight is 573 g/mol. The van der Waals surface area contributed by atoms with E-state index < -0.39 is 52.2 Å². The summed E-state index contributed by atoms with van der Waals surface area (Å²) in [6.45, 7) is 6.45. The lowest BCUT2D eigenvalue weighted by molar-refractivity contribution is -0.385. The minimum atomic E-state index is -1.94. The van der Waals surface area contributed by atoms with Crippen LogP contribution in [0.15, 0.2) is 48.6 Å². The summed E-state index contributed by atoms with van der Waals surface area (Å²) in [6, 6.07) is 8.14. The molecule has 0 spiro atoms. The molecule has 2 N–H and O–H groups in total. The molecule has 2 aromatic rings. The van der Waals surface area contributed by atoms with Gasteiger partial charge in [-0.2, -0.15) is 0 Å². The number of nitro benzene ring substituents is 1. The van der Waals surface area contributed by atoms with E-state index in [0.29, 0.717) is 19.6 Å². The number of allylic oxidation sites excluding steroid dienone is 1. The molecule has 10 nitrogen and oxygen atoms in total. The van der Waals surface area contributed by atoms with Crippen LogP contribution < -0.4 is 15.2 Å². The summed E-state index contributed by atoms with van der Waals surface area (Å²) in [5, 5.41) is 11.7. The lowest BCUT2D eigenvalue weighted by Crippen LogP contribution is -2.28. The van der Waals surface area contributed by atoms with Gasteiger partial charge in [-0.15, -0.1) is 0 Å². The Labute approximate surface area is 238 Å². The lowest BCUT2D eigenvalue weighted by Gasteiger charge is -2.28. The van der Waals surface area contributed by atoms with Gasteiger partial charge in [0.05, 0.1) is 29.9 Å². The number of hydrogen-bond acceptors (Lipinski definition) is 9. The molecule has 1 heterocycles. The second kappa shape index (κ2) is 15.2. The number of rotatable bonds is 13. The van der Waals surface area contributed by atoms with Gasteiger partial charge in [0.15, 0.2) is 18.2 Å². The first-order chi connectivity index (χ1) is 19.6. The number of alkyl halides is 1. The molecule has 0 saturated carbocycles. The standard InChI is InChI=1S/C30H37FN2O8/c1-4-6-7-8-9-10-20-17-38-30(39-18-20)21-11-13-22(14-12-21)40-28(34)23-15-24(32)26(16-25(23)33(36)37)41-29(35)27(31)19(3)5-2/h9-16,19-20,27,30H,4-8,17-18,32H2,1-3H3/t19-,20-,27-,30-/m0/s1. The van der Waals surface area contributed by atoms with Gasteiger partial charge in [0.2, 0.25) is 0 Å². The number of nitrogens with two attached hydrogens (primary N) is 1. The van der Waals surface area contributed by atoms with Gasteiger partial charge in [-0.05, 0) is 37.0 Å². The normalized spacial score (nSPS) is 18.5. The van der Waals surface area contributed by atoms with Crippen LogP contribution in [-0.2, 0) is 14.3 Å². The van der Waals surface area contributed by atoms with E-state index in [9.17, 15) is 24.1 Å². The number of nitro groups is 1. The van der Waals surface area contributed by atoms with Crippen LogP contribution in [0, 0.1) is 22.0 Å². The minimum Gasteiger partial charge on any atom is -0.423 e. The van der Waals surface area contributed by atoms with Crippen molar-refractivity contribution in [3.05, 3.63) is 69.8 Å². The number of carbonyl (C=O) groups excluding carboxylic acids is 2. The van der Waals surface area contributed by atoms with Crippen LogP contribution in [0.4, 0.5) is 15.8 Å². The van der Waals surface area contributed by atoms with Crippen molar-refractivity contribution < 1.29 is 37.9 Å². The van der Waals surface area contributed by atoms with Crippen LogP contribution in [0.25, 0.3) is 0 Å². The molecule has 0 bridgehead atoms. The number of esters is 2.